The molecule has 0 bridgehead atoms. The second-order valence-corrected chi connectivity index (χ2v) is 12.8. The molecule has 4 aliphatic rings. The van der Waals surface area contributed by atoms with Crippen molar-refractivity contribution in [3.8, 4) is 0 Å². The smallest absolute Gasteiger partial charge is 0.0577 e. The maximum absolute atomic E-state index is 11.1. The summed E-state index contributed by atoms with van der Waals surface area (Å²) in [7, 11) is 0. The van der Waals surface area contributed by atoms with Gasteiger partial charge in [0.05, 0.1) is 12.2 Å². The number of allylic oxidation sites excluding steroid dienone is 1. The SMILES string of the molecule is CC(C)[C@@H](C)C[C@H](O)[C@@H](C)[C@H]1CCC2C3CC=C4C[C@@H](O)CC[C@]4(C)C3CC[C@@]21C. The molecule has 3 saturated carbocycles. The number of rotatable bonds is 5. The lowest BCUT2D eigenvalue weighted by Gasteiger charge is -2.58. The second-order valence-electron chi connectivity index (χ2n) is 12.8. The Hall–Kier alpha value is -0.340. The van der Waals surface area contributed by atoms with Crippen LogP contribution in [0.4, 0.5) is 0 Å². The van der Waals surface area contributed by atoms with E-state index in [9.17, 15) is 10.2 Å². The van der Waals surface area contributed by atoms with Crippen LogP contribution in [0.1, 0.15) is 99.3 Å². The van der Waals surface area contributed by atoms with Crippen LogP contribution in [-0.2, 0) is 0 Å². The molecule has 3 fully saturated rings. The molecule has 2 heteroatoms. The Bertz CT molecular complexity index is 653. The van der Waals surface area contributed by atoms with Crippen LogP contribution in [-0.4, -0.2) is 22.4 Å². The molecule has 3 unspecified atom stereocenters. The molecule has 0 aliphatic heterocycles. The van der Waals surface area contributed by atoms with Gasteiger partial charge in [-0.15, -0.1) is 0 Å². The Labute approximate surface area is 185 Å². The Morgan fingerprint density at radius 3 is 2.43 bits per heavy atom. The highest BCUT2D eigenvalue weighted by molar-refractivity contribution is 5.25. The third-order valence-corrected chi connectivity index (χ3v) is 11.1. The van der Waals surface area contributed by atoms with E-state index in [0.29, 0.717) is 34.5 Å². The first-order valence-electron chi connectivity index (χ1n) is 13.1. The highest BCUT2D eigenvalue weighted by atomic mass is 16.3. The molecule has 2 nitrogen and oxygen atoms in total. The molecular formula is C28H48O2. The van der Waals surface area contributed by atoms with Crippen molar-refractivity contribution in [2.24, 2.45) is 52.3 Å². The van der Waals surface area contributed by atoms with Crippen LogP contribution in [0, 0.1) is 52.3 Å². The number of hydrogen-bond acceptors (Lipinski definition) is 2. The zero-order valence-electron chi connectivity index (χ0n) is 20.5. The summed E-state index contributed by atoms with van der Waals surface area (Å²) in [4.78, 5) is 0. The number of aliphatic hydroxyl groups is 2. The van der Waals surface area contributed by atoms with E-state index in [0.717, 1.165) is 37.0 Å². The molecule has 0 radical (unpaired) electrons. The summed E-state index contributed by atoms with van der Waals surface area (Å²) in [6.45, 7) is 14.3. The third-order valence-electron chi connectivity index (χ3n) is 11.1. The van der Waals surface area contributed by atoms with Gasteiger partial charge in [0.2, 0.25) is 0 Å². The average Bonchev–Trinajstić information content (AvgIpc) is 3.04. The molecule has 4 aliphatic carbocycles. The molecule has 4 rings (SSSR count). The first-order valence-corrected chi connectivity index (χ1v) is 13.1. The lowest BCUT2D eigenvalue weighted by molar-refractivity contribution is -0.0693. The molecule has 10 atom stereocenters. The first-order chi connectivity index (χ1) is 14.1. The van der Waals surface area contributed by atoms with Gasteiger partial charge in [-0.05, 0) is 110 Å². The topological polar surface area (TPSA) is 40.5 Å². The zero-order valence-corrected chi connectivity index (χ0v) is 20.5. The molecular weight excluding hydrogens is 368 g/mol. The molecule has 0 amide bonds. The molecule has 0 saturated heterocycles. The van der Waals surface area contributed by atoms with Gasteiger partial charge in [0.15, 0.2) is 0 Å². The number of hydrogen-bond donors (Lipinski definition) is 2. The fourth-order valence-electron chi connectivity index (χ4n) is 8.68. The first kappa shape index (κ1) is 22.8. The lowest BCUT2D eigenvalue weighted by Crippen LogP contribution is -2.51. The van der Waals surface area contributed by atoms with Crippen molar-refractivity contribution in [3.05, 3.63) is 11.6 Å². The predicted octanol–water partition coefficient (Wildman–Crippen LogP) is 6.61. The number of fused-ring (bicyclic) bond motifs is 5. The second kappa shape index (κ2) is 8.22. The van der Waals surface area contributed by atoms with Crippen molar-refractivity contribution in [2.45, 2.75) is 112 Å². The molecule has 0 spiro atoms. The lowest BCUT2D eigenvalue weighted by atomic mass is 9.47. The molecule has 30 heavy (non-hydrogen) atoms. The van der Waals surface area contributed by atoms with Gasteiger partial charge in [0.25, 0.3) is 0 Å². The van der Waals surface area contributed by atoms with Crippen LogP contribution in [0.15, 0.2) is 11.6 Å². The minimum atomic E-state index is -0.157. The van der Waals surface area contributed by atoms with Gasteiger partial charge < -0.3 is 10.2 Å². The van der Waals surface area contributed by atoms with E-state index in [1.54, 1.807) is 5.57 Å². The van der Waals surface area contributed by atoms with Gasteiger partial charge in [-0.3, -0.25) is 0 Å². The van der Waals surface area contributed by atoms with E-state index in [-0.39, 0.29) is 12.2 Å². The molecule has 0 aromatic carbocycles. The van der Waals surface area contributed by atoms with Crippen LogP contribution in [0.2, 0.25) is 0 Å². The Balaban J connectivity index is 1.51. The minimum Gasteiger partial charge on any atom is -0.393 e. The molecule has 172 valence electrons. The predicted molar refractivity (Wildman–Crippen MR) is 125 cm³/mol. The highest BCUT2D eigenvalue weighted by Gasteiger charge is 2.59. The molecule has 0 aromatic heterocycles. The van der Waals surface area contributed by atoms with E-state index in [2.05, 4.69) is 47.6 Å². The summed E-state index contributed by atoms with van der Waals surface area (Å²) in [5.74, 6) is 4.76. The maximum atomic E-state index is 11.1. The van der Waals surface area contributed by atoms with Crippen LogP contribution in [0.5, 0.6) is 0 Å². The summed E-state index contributed by atoms with van der Waals surface area (Å²) >= 11 is 0. The van der Waals surface area contributed by atoms with Crippen molar-refractivity contribution in [1.82, 2.24) is 0 Å². The van der Waals surface area contributed by atoms with Crippen molar-refractivity contribution >= 4 is 0 Å². The molecule has 0 heterocycles. The summed E-state index contributed by atoms with van der Waals surface area (Å²) < 4.78 is 0. The fourth-order valence-corrected chi connectivity index (χ4v) is 8.68. The van der Waals surface area contributed by atoms with Crippen LogP contribution >= 0.6 is 0 Å². The summed E-state index contributed by atoms with van der Waals surface area (Å²) in [5, 5.41) is 21.4. The summed E-state index contributed by atoms with van der Waals surface area (Å²) in [5.41, 5.74) is 2.31. The van der Waals surface area contributed by atoms with Crippen molar-refractivity contribution in [3.63, 3.8) is 0 Å². The van der Waals surface area contributed by atoms with E-state index in [4.69, 9.17) is 0 Å². The van der Waals surface area contributed by atoms with E-state index in [1.165, 1.54) is 38.5 Å². The average molecular weight is 417 g/mol. The Morgan fingerprint density at radius 2 is 1.73 bits per heavy atom. The zero-order chi connectivity index (χ0) is 21.8. The van der Waals surface area contributed by atoms with Gasteiger partial charge in [0.1, 0.15) is 0 Å². The van der Waals surface area contributed by atoms with Crippen molar-refractivity contribution in [1.29, 1.82) is 0 Å². The summed E-state index contributed by atoms with van der Waals surface area (Å²) in [6, 6.07) is 0. The molecule has 0 aromatic rings. The normalized spacial score (nSPS) is 46.4. The van der Waals surface area contributed by atoms with Crippen LogP contribution < -0.4 is 0 Å². The Morgan fingerprint density at radius 1 is 1.00 bits per heavy atom. The van der Waals surface area contributed by atoms with Gasteiger partial charge >= 0.3 is 0 Å². The minimum absolute atomic E-state index is 0.110. The monoisotopic (exact) mass is 416 g/mol. The van der Waals surface area contributed by atoms with E-state index in [1.807, 2.05) is 0 Å². The maximum Gasteiger partial charge on any atom is 0.0577 e. The highest BCUT2D eigenvalue weighted by Crippen LogP contribution is 2.67. The van der Waals surface area contributed by atoms with Gasteiger partial charge in [-0.1, -0.05) is 53.2 Å². The van der Waals surface area contributed by atoms with Crippen molar-refractivity contribution < 1.29 is 10.2 Å². The quantitative estimate of drug-likeness (QED) is 0.495. The van der Waals surface area contributed by atoms with Crippen LogP contribution in [0.25, 0.3) is 0 Å². The Kier molecular flexibility index (Phi) is 6.26. The summed E-state index contributed by atoms with van der Waals surface area (Å²) in [6.07, 6.45) is 12.9. The largest absolute Gasteiger partial charge is 0.393 e. The van der Waals surface area contributed by atoms with Crippen molar-refractivity contribution in [2.75, 3.05) is 0 Å². The van der Waals surface area contributed by atoms with Gasteiger partial charge in [0, 0.05) is 0 Å². The van der Waals surface area contributed by atoms with E-state index >= 15 is 0 Å². The standard InChI is InChI=1S/C28H48O2/c1-17(2)18(3)15-26(30)19(4)23-9-10-24-22-8-7-20-16-21(29)11-13-27(20,5)25(22)12-14-28(23,24)6/h7,17-19,21-26,29-30H,8-16H2,1-6H3/t18-,19-,21-,22?,23+,24?,25?,26-,27-,28+/m0/s1. The number of aliphatic hydroxyl groups excluding tert-OH is 2. The van der Waals surface area contributed by atoms with Gasteiger partial charge in [-0.25, -0.2) is 0 Å². The van der Waals surface area contributed by atoms with Crippen LogP contribution in [0.3, 0.4) is 0 Å². The molecule has 2 N–H and O–H groups in total. The van der Waals surface area contributed by atoms with E-state index < -0.39 is 0 Å². The van der Waals surface area contributed by atoms with Gasteiger partial charge in [-0.2, -0.15) is 0 Å². The fraction of sp³-hybridized carbons (Fsp3) is 0.929. The third kappa shape index (κ3) is 3.62.